The van der Waals surface area contributed by atoms with Crippen LogP contribution in [0.5, 0.6) is 0 Å². The molecule has 2 aromatic heterocycles. The van der Waals surface area contributed by atoms with Gasteiger partial charge in [0.25, 0.3) is 0 Å². The lowest BCUT2D eigenvalue weighted by Crippen LogP contribution is -2.38. The number of imidazole rings is 1. The van der Waals surface area contributed by atoms with Crippen molar-refractivity contribution in [1.82, 2.24) is 24.3 Å². The molecule has 1 atom stereocenters. The van der Waals surface area contributed by atoms with Gasteiger partial charge in [-0.25, -0.2) is 23.4 Å². The molecule has 1 unspecified atom stereocenters. The lowest BCUT2D eigenvalue weighted by Gasteiger charge is -2.30. The Morgan fingerprint density at radius 2 is 1.90 bits per heavy atom. The number of aromatic nitrogens is 5. The minimum absolute atomic E-state index is 0.0121. The van der Waals surface area contributed by atoms with Crippen LogP contribution in [0.3, 0.4) is 0 Å². The maximum Gasteiger partial charge on any atom is 0.137 e. The molecular formula is C21H21F2N5O. The van der Waals surface area contributed by atoms with E-state index in [2.05, 4.69) is 15.1 Å². The molecule has 0 aliphatic carbocycles. The van der Waals surface area contributed by atoms with Gasteiger partial charge in [0.2, 0.25) is 0 Å². The van der Waals surface area contributed by atoms with Crippen molar-refractivity contribution in [2.24, 2.45) is 0 Å². The van der Waals surface area contributed by atoms with Crippen LogP contribution >= 0.6 is 0 Å². The van der Waals surface area contributed by atoms with E-state index >= 15 is 0 Å². The van der Waals surface area contributed by atoms with Crippen LogP contribution in [-0.2, 0) is 18.7 Å². The molecule has 2 heterocycles. The van der Waals surface area contributed by atoms with E-state index in [1.165, 1.54) is 23.4 Å². The molecule has 0 fully saturated rings. The van der Waals surface area contributed by atoms with Crippen molar-refractivity contribution < 1.29 is 13.9 Å². The molecule has 0 spiro atoms. The van der Waals surface area contributed by atoms with Crippen LogP contribution in [0.1, 0.15) is 31.2 Å². The molecule has 29 heavy (non-hydrogen) atoms. The first kappa shape index (κ1) is 19.2. The Morgan fingerprint density at radius 1 is 1.10 bits per heavy atom. The Morgan fingerprint density at radius 3 is 2.59 bits per heavy atom. The molecule has 150 valence electrons. The van der Waals surface area contributed by atoms with Crippen LogP contribution in [0, 0.1) is 11.6 Å². The van der Waals surface area contributed by atoms with Crippen LogP contribution < -0.4 is 0 Å². The third-order valence-electron chi connectivity index (χ3n) is 4.94. The number of rotatable bonds is 6. The molecule has 6 nitrogen and oxygen atoms in total. The average Bonchev–Trinajstić information content (AvgIpc) is 3.29. The van der Waals surface area contributed by atoms with Crippen molar-refractivity contribution in [3.05, 3.63) is 78.1 Å². The van der Waals surface area contributed by atoms with Gasteiger partial charge in [0, 0.05) is 17.5 Å². The van der Waals surface area contributed by atoms with Gasteiger partial charge in [-0.3, -0.25) is 0 Å². The Hall–Kier alpha value is -3.13. The summed E-state index contributed by atoms with van der Waals surface area (Å²) in [7, 11) is 0. The number of fused-ring (bicyclic) bond motifs is 1. The number of para-hydroxylation sites is 2. The Labute approximate surface area is 166 Å². The number of hydrogen-bond donors (Lipinski definition) is 1. The molecule has 2 aromatic carbocycles. The zero-order chi connectivity index (χ0) is 20.6. The summed E-state index contributed by atoms with van der Waals surface area (Å²) < 4.78 is 31.5. The second kappa shape index (κ2) is 7.36. The molecule has 4 rings (SSSR count). The average molecular weight is 397 g/mol. The molecule has 1 N–H and O–H groups in total. The van der Waals surface area contributed by atoms with Gasteiger partial charge in [0.1, 0.15) is 35.7 Å². The van der Waals surface area contributed by atoms with E-state index in [9.17, 15) is 13.9 Å². The maximum atomic E-state index is 14.7. The van der Waals surface area contributed by atoms with Gasteiger partial charge in [-0.2, -0.15) is 5.10 Å². The van der Waals surface area contributed by atoms with Gasteiger partial charge >= 0.3 is 0 Å². The molecule has 0 saturated carbocycles. The highest BCUT2D eigenvalue weighted by Crippen LogP contribution is 2.32. The molecule has 4 aromatic rings. The molecule has 0 bridgehead atoms. The van der Waals surface area contributed by atoms with Crippen molar-refractivity contribution >= 4 is 11.0 Å². The number of aliphatic hydroxyl groups is 1. The standard InChI is InChI=1S/C21H21F2N5O/c1-14(2)20-26-18-5-3-4-6-19(18)28(20)11-21(29,10-27-13-24-12-25-27)16-8-7-15(22)9-17(16)23/h3-9,12-14,29H,10-11H2,1-2H3. The number of nitrogens with zero attached hydrogens (tertiary/aromatic N) is 5. The van der Waals surface area contributed by atoms with E-state index in [-0.39, 0.29) is 24.6 Å². The fourth-order valence-electron chi connectivity index (χ4n) is 3.63. The lowest BCUT2D eigenvalue weighted by molar-refractivity contribution is -0.00526. The molecule has 0 saturated heterocycles. The van der Waals surface area contributed by atoms with E-state index in [1.54, 1.807) is 0 Å². The quantitative estimate of drug-likeness (QED) is 0.540. The predicted molar refractivity (Wildman–Crippen MR) is 104 cm³/mol. The molecule has 8 heteroatoms. The summed E-state index contributed by atoms with van der Waals surface area (Å²) in [5.74, 6) is -0.671. The first-order valence-corrected chi connectivity index (χ1v) is 9.33. The molecule has 0 amide bonds. The van der Waals surface area contributed by atoms with Gasteiger partial charge in [-0.15, -0.1) is 0 Å². The van der Waals surface area contributed by atoms with Gasteiger partial charge < -0.3 is 9.67 Å². The fourth-order valence-corrected chi connectivity index (χ4v) is 3.63. The minimum atomic E-state index is -1.71. The third kappa shape index (κ3) is 3.63. The summed E-state index contributed by atoms with van der Waals surface area (Å²) in [5, 5.41) is 15.7. The molecule has 0 radical (unpaired) electrons. The summed E-state index contributed by atoms with van der Waals surface area (Å²) in [6.07, 6.45) is 2.79. The fraction of sp³-hybridized carbons (Fsp3) is 0.286. The number of halogens is 2. The van der Waals surface area contributed by atoms with Gasteiger partial charge in [0.15, 0.2) is 0 Å². The van der Waals surface area contributed by atoms with Crippen LogP contribution in [0.25, 0.3) is 11.0 Å². The van der Waals surface area contributed by atoms with Crippen molar-refractivity contribution in [2.75, 3.05) is 0 Å². The van der Waals surface area contributed by atoms with Crippen molar-refractivity contribution in [3.63, 3.8) is 0 Å². The highest BCUT2D eigenvalue weighted by atomic mass is 19.1. The first-order valence-electron chi connectivity index (χ1n) is 9.33. The van der Waals surface area contributed by atoms with Crippen molar-refractivity contribution in [3.8, 4) is 0 Å². The van der Waals surface area contributed by atoms with Crippen molar-refractivity contribution in [1.29, 1.82) is 0 Å². The topological polar surface area (TPSA) is 68.8 Å². The largest absolute Gasteiger partial charge is 0.381 e. The lowest BCUT2D eigenvalue weighted by atomic mass is 9.92. The Balaban J connectivity index is 1.87. The van der Waals surface area contributed by atoms with Crippen LogP contribution in [0.4, 0.5) is 8.78 Å². The van der Waals surface area contributed by atoms with E-state index in [0.717, 1.165) is 29.0 Å². The molecular weight excluding hydrogens is 376 g/mol. The van der Waals surface area contributed by atoms with E-state index in [4.69, 9.17) is 0 Å². The summed E-state index contributed by atoms with van der Waals surface area (Å²) in [5.41, 5.74) is -0.102. The zero-order valence-electron chi connectivity index (χ0n) is 16.1. The maximum absolute atomic E-state index is 14.7. The Bertz CT molecular complexity index is 1140. The smallest absolute Gasteiger partial charge is 0.137 e. The van der Waals surface area contributed by atoms with E-state index in [1.807, 2.05) is 42.7 Å². The van der Waals surface area contributed by atoms with E-state index < -0.39 is 17.2 Å². The third-order valence-corrected chi connectivity index (χ3v) is 4.94. The highest BCUT2D eigenvalue weighted by molar-refractivity contribution is 5.76. The number of benzene rings is 2. The summed E-state index contributed by atoms with van der Waals surface area (Å²) >= 11 is 0. The van der Waals surface area contributed by atoms with Gasteiger partial charge in [-0.1, -0.05) is 32.0 Å². The minimum Gasteiger partial charge on any atom is -0.381 e. The van der Waals surface area contributed by atoms with Gasteiger partial charge in [-0.05, 0) is 18.2 Å². The van der Waals surface area contributed by atoms with E-state index in [0.29, 0.717) is 0 Å². The van der Waals surface area contributed by atoms with Crippen LogP contribution in [-0.4, -0.2) is 29.4 Å². The zero-order valence-corrected chi connectivity index (χ0v) is 16.1. The summed E-state index contributed by atoms with van der Waals surface area (Å²) in [6.45, 7) is 3.97. The second-order valence-corrected chi connectivity index (χ2v) is 7.45. The summed E-state index contributed by atoms with van der Waals surface area (Å²) in [4.78, 5) is 8.58. The normalized spacial score (nSPS) is 13.9. The second-order valence-electron chi connectivity index (χ2n) is 7.45. The van der Waals surface area contributed by atoms with Crippen LogP contribution in [0.2, 0.25) is 0 Å². The highest BCUT2D eigenvalue weighted by Gasteiger charge is 2.35. The predicted octanol–water partition coefficient (Wildman–Crippen LogP) is 3.62. The summed E-state index contributed by atoms with van der Waals surface area (Å²) in [6, 6.07) is 10.8. The van der Waals surface area contributed by atoms with Gasteiger partial charge in [0.05, 0.1) is 24.1 Å². The molecule has 0 aliphatic heterocycles. The molecule has 0 aliphatic rings. The van der Waals surface area contributed by atoms with Crippen molar-refractivity contribution in [2.45, 2.75) is 38.5 Å². The Kier molecular flexibility index (Phi) is 4.87. The first-order chi connectivity index (χ1) is 13.9. The number of hydrogen-bond acceptors (Lipinski definition) is 4. The SMILES string of the molecule is CC(C)c1nc2ccccc2n1CC(O)(Cn1cncn1)c1ccc(F)cc1F. The monoisotopic (exact) mass is 397 g/mol. The van der Waals surface area contributed by atoms with Crippen LogP contribution in [0.15, 0.2) is 55.1 Å².